The van der Waals surface area contributed by atoms with Crippen molar-refractivity contribution in [3.63, 3.8) is 0 Å². The summed E-state index contributed by atoms with van der Waals surface area (Å²) in [7, 11) is 0. The summed E-state index contributed by atoms with van der Waals surface area (Å²) in [5.41, 5.74) is 4.99. The minimum absolute atomic E-state index is 0.712. The van der Waals surface area contributed by atoms with Crippen LogP contribution in [0.5, 0.6) is 0 Å². The Kier molecular flexibility index (Phi) is 3.17. The number of imidazole rings is 1. The van der Waals surface area contributed by atoms with E-state index in [0.29, 0.717) is 5.02 Å². The first-order valence-corrected chi connectivity index (χ1v) is 7.39. The highest BCUT2D eigenvalue weighted by Gasteiger charge is 2.08. The normalized spacial score (nSPS) is 11.0. The number of halogens is 1. The lowest BCUT2D eigenvalue weighted by atomic mass is 10.1. The standard InChI is InChI=1S/C19H12ClN2/c20-17-9-5-4-8-16(17)18-13-22-12-15(10-11-19(22)21-18)14-6-2-1-3-7-14/h1-2,4-13H. The van der Waals surface area contributed by atoms with Crippen LogP contribution in [-0.2, 0) is 0 Å². The number of hydrogen-bond acceptors (Lipinski definition) is 1. The number of aromatic nitrogens is 2. The molecule has 1 radical (unpaired) electrons. The van der Waals surface area contributed by atoms with Crippen molar-refractivity contribution in [3.05, 3.63) is 84.1 Å². The zero-order chi connectivity index (χ0) is 14.9. The van der Waals surface area contributed by atoms with Crippen LogP contribution in [0.15, 0.2) is 73.1 Å². The average Bonchev–Trinajstić information content (AvgIpc) is 2.99. The number of fused-ring (bicyclic) bond motifs is 1. The summed E-state index contributed by atoms with van der Waals surface area (Å²) in [6, 6.07) is 22.9. The van der Waals surface area contributed by atoms with Crippen LogP contribution in [0, 0.1) is 6.07 Å². The Morgan fingerprint density at radius 3 is 2.64 bits per heavy atom. The van der Waals surface area contributed by atoms with Crippen molar-refractivity contribution in [1.82, 2.24) is 9.38 Å². The maximum atomic E-state index is 6.26. The van der Waals surface area contributed by atoms with E-state index in [1.54, 1.807) is 0 Å². The van der Waals surface area contributed by atoms with Gasteiger partial charge in [-0.2, -0.15) is 0 Å². The average molecular weight is 304 g/mol. The zero-order valence-corrected chi connectivity index (χ0v) is 12.5. The molecule has 4 aromatic rings. The molecule has 105 valence electrons. The summed E-state index contributed by atoms with van der Waals surface area (Å²) < 4.78 is 2.03. The molecule has 0 unspecified atom stereocenters. The molecule has 3 heteroatoms. The van der Waals surface area contributed by atoms with Gasteiger partial charge in [-0.1, -0.05) is 48.0 Å². The molecule has 0 aliphatic rings. The number of nitrogens with zero attached hydrogens (tertiary/aromatic N) is 2. The molecule has 0 aliphatic carbocycles. The summed E-state index contributed by atoms with van der Waals surface area (Å²) in [6.45, 7) is 0. The monoisotopic (exact) mass is 303 g/mol. The van der Waals surface area contributed by atoms with Crippen LogP contribution < -0.4 is 0 Å². The molecule has 2 aromatic carbocycles. The van der Waals surface area contributed by atoms with E-state index in [0.717, 1.165) is 28.0 Å². The smallest absolute Gasteiger partial charge is 0.137 e. The summed E-state index contributed by atoms with van der Waals surface area (Å²) in [5.74, 6) is 0. The predicted molar refractivity (Wildman–Crippen MR) is 89.9 cm³/mol. The fraction of sp³-hybridized carbons (Fsp3) is 0. The maximum absolute atomic E-state index is 6.26. The molecule has 0 bridgehead atoms. The second kappa shape index (κ2) is 5.32. The Hall–Kier alpha value is -2.58. The fourth-order valence-corrected chi connectivity index (χ4v) is 2.77. The third-order valence-electron chi connectivity index (χ3n) is 3.64. The van der Waals surface area contributed by atoms with Crippen LogP contribution in [0.25, 0.3) is 28.0 Å². The largest absolute Gasteiger partial charge is 0.306 e. The SMILES string of the molecule is Clc1ccccc1-c1cn2cc(-c3c[c]ccc3)ccc2n1. The number of rotatable bonds is 2. The van der Waals surface area contributed by atoms with Gasteiger partial charge in [0.1, 0.15) is 5.65 Å². The lowest BCUT2D eigenvalue weighted by Crippen LogP contribution is -1.84. The lowest BCUT2D eigenvalue weighted by molar-refractivity contribution is 1.19. The van der Waals surface area contributed by atoms with Crippen LogP contribution in [0.3, 0.4) is 0 Å². The van der Waals surface area contributed by atoms with Crippen LogP contribution in [0.1, 0.15) is 0 Å². The van der Waals surface area contributed by atoms with Gasteiger partial charge in [-0.05, 0) is 41.5 Å². The third kappa shape index (κ3) is 2.28. The second-order valence-corrected chi connectivity index (χ2v) is 5.49. The third-order valence-corrected chi connectivity index (χ3v) is 3.97. The molecule has 0 spiro atoms. The Morgan fingerprint density at radius 2 is 1.82 bits per heavy atom. The van der Waals surface area contributed by atoms with Crippen LogP contribution in [-0.4, -0.2) is 9.38 Å². The summed E-state index contributed by atoms with van der Waals surface area (Å²) in [4.78, 5) is 4.65. The van der Waals surface area contributed by atoms with E-state index >= 15 is 0 Å². The minimum Gasteiger partial charge on any atom is -0.306 e. The molecule has 2 heterocycles. The molecule has 22 heavy (non-hydrogen) atoms. The molecule has 0 saturated heterocycles. The number of pyridine rings is 1. The van der Waals surface area contributed by atoms with Crippen LogP contribution >= 0.6 is 11.6 Å². The molecule has 0 saturated carbocycles. The van der Waals surface area contributed by atoms with E-state index in [1.165, 1.54) is 0 Å². The van der Waals surface area contributed by atoms with Crippen molar-refractivity contribution in [2.45, 2.75) is 0 Å². The highest BCUT2D eigenvalue weighted by atomic mass is 35.5. The number of hydrogen-bond donors (Lipinski definition) is 0. The first-order valence-electron chi connectivity index (χ1n) is 7.01. The highest BCUT2D eigenvalue weighted by molar-refractivity contribution is 6.33. The van der Waals surface area contributed by atoms with Crippen molar-refractivity contribution in [2.75, 3.05) is 0 Å². The highest BCUT2D eigenvalue weighted by Crippen LogP contribution is 2.28. The van der Waals surface area contributed by atoms with E-state index in [2.05, 4.69) is 29.4 Å². The van der Waals surface area contributed by atoms with E-state index in [9.17, 15) is 0 Å². The summed E-state index contributed by atoms with van der Waals surface area (Å²) in [5, 5.41) is 0.712. The van der Waals surface area contributed by atoms with Crippen molar-refractivity contribution >= 4 is 17.2 Å². The van der Waals surface area contributed by atoms with E-state index in [-0.39, 0.29) is 0 Å². The molecular formula is C19H12ClN2. The minimum atomic E-state index is 0.712. The van der Waals surface area contributed by atoms with Crippen molar-refractivity contribution in [2.24, 2.45) is 0 Å². The van der Waals surface area contributed by atoms with Crippen molar-refractivity contribution in [1.29, 1.82) is 0 Å². The van der Waals surface area contributed by atoms with Gasteiger partial charge in [-0.25, -0.2) is 4.98 Å². The zero-order valence-electron chi connectivity index (χ0n) is 11.7. The van der Waals surface area contributed by atoms with E-state index in [4.69, 9.17) is 11.6 Å². The Balaban J connectivity index is 1.84. The molecule has 2 aromatic heterocycles. The van der Waals surface area contributed by atoms with Gasteiger partial charge in [0.2, 0.25) is 0 Å². The summed E-state index contributed by atoms with van der Waals surface area (Å²) >= 11 is 6.26. The number of benzene rings is 2. The van der Waals surface area contributed by atoms with Gasteiger partial charge >= 0.3 is 0 Å². The first-order chi connectivity index (χ1) is 10.8. The molecule has 0 amide bonds. The van der Waals surface area contributed by atoms with Gasteiger partial charge in [-0.3, -0.25) is 0 Å². The molecule has 0 N–H and O–H groups in total. The molecule has 0 aliphatic heterocycles. The Bertz CT molecular complexity index is 942. The van der Waals surface area contributed by atoms with Gasteiger partial charge in [0, 0.05) is 18.0 Å². The quantitative estimate of drug-likeness (QED) is 0.502. The fourth-order valence-electron chi connectivity index (χ4n) is 2.53. The predicted octanol–water partition coefficient (Wildman–Crippen LogP) is 5.12. The Labute approximate surface area is 133 Å². The van der Waals surface area contributed by atoms with Gasteiger partial charge in [0.25, 0.3) is 0 Å². The van der Waals surface area contributed by atoms with Gasteiger partial charge in [0.05, 0.1) is 10.7 Å². The molecule has 0 fully saturated rings. The van der Waals surface area contributed by atoms with Gasteiger partial charge in [-0.15, -0.1) is 0 Å². The van der Waals surface area contributed by atoms with Crippen LogP contribution in [0.4, 0.5) is 0 Å². The van der Waals surface area contributed by atoms with E-state index in [1.807, 2.05) is 59.1 Å². The van der Waals surface area contributed by atoms with Gasteiger partial charge < -0.3 is 4.40 Å². The topological polar surface area (TPSA) is 17.3 Å². The molecular weight excluding hydrogens is 292 g/mol. The molecule has 0 atom stereocenters. The second-order valence-electron chi connectivity index (χ2n) is 5.08. The molecule has 2 nitrogen and oxygen atoms in total. The van der Waals surface area contributed by atoms with E-state index < -0.39 is 0 Å². The Morgan fingerprint density at radius 1 is 0.909 bits per heavy atom. The molecule has 4 rings (SSSR count). The van der Waals surface area contributed by atoms with Crippen LogP contribution in [0.2, 0.25) is 5.02 Å². The first kappa shape index (κ1) is 13.1. The summed E-state index contributed by atoms with van der Waals surface area (Å²) in [6.07, 6.45) is 4.08. The maximum Gasteiger partial charge on any atom is 0.137 e. The van der Waals surface area contributed by atoms with Crippen molar-refractivity contribution in [3.8, 4) is 22.4 Å². The van der Waals surface area contributed by atoms with Crippen molar-refractivity contribution < 1.29 is 0 Å². The van der Waals surface area contributed by atoms with Gasteiger partial charge in [0.15, 0.2) is 0 Å². The lowest BCUT2D eigenvalue weighted by Gasteiger charge is -2.01.